The Morgan fingerprint density at radius 2 is 1.42 bits per heavy atom. The van der Waals surface area contributed by atoms with Gasteiger partial charge in [0.15, 0.2) is 0 Å². The van der Waals surface area contributed by atoms with E-state index in [2.05, 4.69) is 0 Å². The van der Waals surface area contributed by atoms with Gasteiger partial charge in [0.2, 0.25) is 0 Å². The smallest absolute Gasteiger partial charge is 0.121 e. The third kappa shape index (κ3) is 0.215. The van der Waals surface area contributed by atoms with Crippen LogP contribution in [0.3, 0.4) is 0 Å². The minimum Gasteiger partial charge on any atom is -0.330 e. The van der Waals surface area contributed by atoms with Gasteiger partial charge in [0.05, 0.1) is 0 Å². The van der Waals surface area contributed by atoms with Gasteiger partial charge in [-0.05, 0) is 29.7 Å². The lowest BCUT2D eigenvalue weighted by Crippen LogP contribution is -3.12. The third-order valence-corrected chi connectivity index (χ3v) is 6.07. The SMILES string of the molecule is Cl.NCC12C3C4C1C1C2C3C41F. The summed E-state index contributed by atoms with van der Waals surface area (Å²) in [4.78, 5) is 0. The van der Waals surface area contributed by atoms with E-state index in [1.807, 2.05) is 0 Å². The van der Waals surface area contributed by atoms with Crippen LogP contribution in [-0.4, -0.2) is 12.2 Å². The van der Waals surface area contributed by atoms with Gasteiger partial charge in [-0.1, -0.05) is 0 Å². The predicted octanol–water partition coefficient (Wildman–Crippen LogP) is 0.827. The summed E-state index contributed by atoms with van der Waals surface area (Å²) in [5, 5.41) is 0. The standard InChI is InChI=1S/C9H10FN.ClH/c10-9-5-2-6(9)4-7(9)3(5)8(2,4)1-11;/h2-7H,1,11H2;1H. The van der Waals surface area contributed by atoms with Gasteiger partial charge in [-0.3, -0.25) is 0 Å². The molecule has 12 heavy (non-hydrogen) atoms. The lowest BCUT2D eigenvalue weighted by Gasteiger charge is -3.09. The molecule has 3 heteroatoms. The number of hydrogen-bond donors (Lipinski definition) is 1. The molecule has 6 aliphatic carbocycles. The summed E-state index contributed by atoms with van der Waals surface area (Å²) in [7, 11) is 0. The molecular weight excluding hydrogens is 177 g/mol. The molecule has 6 fully saturated rings. The molecule has 66 valence electrons. The first kappa shape index (κ1) is 6.61. The molecule has 0 saturated heterocycles. The molecule has 6 saturated carbocycles. The fraction of sp³-hybridized carbons (Fsp3) is 1.00. The highest BCUT2D eigenvalue weighted by Gasteiger charge is 3.10. The summed E-state index contributed by atoms with van der Waals surface area (Å²) in [6, 6.07) is 0. The zero-order chi connectivity index (χ0) is 7.17. The van der Waals surface area contributed by atoms with Crippen molar-refractivity contribution in [3.63, 3.8) is 0 Å². The fourth-order valence-electron chi connectivity index (χ4n) is 6.03. The van der Waals surface area contributed by atoms with E-state index in [0.717, 1.165) is 24.3 Å². The molecule has 0 aromatic heterocycles. The number of alkyl halides is 1. The molecule has 0 heterocycles. The van der Waals surface area contributed by atoms with Gasteiger partial charge in [0.1, 0.15) is 5.67 Å². The maximum absolute atomic E-state index is 13.7. The summed E-state index contributed by atoms with van der Waals surface area (Å²) in [6.07, 6.45) is 0. The Bertz CT molecular complexity index is 262. The third-order valence-electron chi connectivity index (χ3n) is 6.07. The van der Waals surface area contributed by atoms with Gasteiger partial charge in [0, 0.05) is 17.8 Å². The van der Waals surface area contributed by atoms with E-state index >= 15 is 0 Å². The van der Waals surface area contributed by atoms with Crippen molar-refractivity contribution in [3.8, 4) is 0 Å². The monoisotopic (exact) mass is 187 g/mol. The molecule has 0 aliphatic heterocycles. The molecule has 0 aromatic carbocycles. The Hall–Kier alpha value is 0.180. The molecule has 0 atom stereocenters. The molecule has 2 N–H and O–H groups in total. The molecule has 0 amide bonds. The highest BCUT2D eigenvalue weighted by Crippen LogP contribution is 3.07. The van der Waals surface area contributed by atoms with Crippen LogP contribution >= 0.6 is 12.4 Å². The van der Waals surface area contributed by atoms with Crippen molar-refractivity contribution < 1.29 is 4.39 Å². The molecule has 6 aliphatic rings. The number of rotatable bonds is 1. The van der Waals surface area contributed by atoms with Gasteiger partial charge in [0.25, 0.3) is 0 Å². The van der Waals surface area contributed by atoms with Gasteiger partial charge >= 0.3 is 0 Å². The first-order valence-electron chi connectivity index (χ1n) is 4.68. The lowest BCUT2D eigenvalue weighted by atomic mass is 8.95. The van der Waals surface area contributed by atoms with Crippen molar-refractivity contribution in [3.05, 3.63) is 0 Å². The summed E-state index contributed by atoms with van der Waals surface area (Å²) in [6.45, 7) is 0.854. The minimum atomic E-state index is -0.614. The van der Waals surface area contributed by atoms with E-state index in [9.17, 15) is 4.39 Å². The second-order valence-electron chi connectivity index (χ2n) is 5.30. The molecule has 0 radical (unpaired) electrons. The summed E-state index contributed by atoms with van der Waals surface area (Å²) in [5.41, 5.74) is 5.65. The van der Waals surface area contributed by atoms with Crippen molar-refractivity contribution >= 4 is 12.4 Å². The average Bonchev–Trinajstić information content (AvgIpc) is 2.06. The number of hydrogen-bond acceptors (Lipinski definition) is 1. The van der Waals surface area contributed by atoms with E-state index in [1.165, 1.54) is 0 Å². The van der Waals surface area contributed by atoms with Crippen molar-refractivity contribution in [2.75, 3.05) is 6.54 Å². The number of nitrogens with two attached hydrogens (primary N) is 1. The molecule has 6 rings (SSSR count). The highest BCUT2D eigenvalue weighted by atomic mass is 35.5. The van der Waals surface area contributed by atoms with E-state index < -0.39 is 5.67 Å². The maximum atomic E-state index is 13.7. The van der Waals surface area contributed by atoms with Crippen LogP contribution in [-0.2, 0) is 0 Å². The fourth-order valence-corrected chi connectivity index (χ4v) is 6.03. The minimum absolute atomic E-state index is 0. The van der Waals surface area contributed by atoms with Crippen LogP contribution < -0.4 is 5.73 Å². The van der Waals surface area contributed by atoms with Crippen LogP contribution in [0.25, 0.3) is 0 Å². The van der Waals surface area contributed by atoms with Gasteiger partial charge < -0.3 is 5.73 Å². The summed E-state index contributed by atoms with van der Waals surface area (Å²) in [5.74, 6) is 3.80. The van der Waals surface area contributed by atoms with Crippen LogP contribution in [0.5, 0.6) is 0 Å². The Balaban J connectivity index is 0.000000450. The first-order valence-corrected chi connectivity index (χ1v) is 4.68. The second-order valence-corrected chi connectivity index (χ2v) is 5.30. The van der Waals surface area contributed by atoms with E-state index in [4.69, 9.17) is 5.73 Å². The molecule has 0 spiro atoms. The summed E-state index contributed by atoms with van der Waals surface area (Å²) >= 11 is 0. The zero-order valence-corrected chi connectivity index (χ0v) is 7.35. The number of halogens is 2. The average molecular weight is 188 g/mol. The molecule has 0 unspecified atom stereocenters. The molecule has 0 aromatic rings. The van der Waals surface area contributed by atoms with Crippen LogP contribution in [0, 0.1) is 40.9 Å². The Morgan fingerprint density at radius 3 is 1.75 bits per heavy atom. The highest BCUT2D eigenvalue weighted by molar-refractivity contribution is 5.85. The Labute approximate surface area is 76.3 Å². The predicted molar refractivity (Wildman–Crippen MR) is 43.5 cm³/mol. The first-order chi connectivity index (χ1) is 5.29. The van der Waals surface area contributed by atoms with Gasteiger partial charge in [-0.25, -0.2) is 4.39 Å². The topological polar surface area (TPSA) is 26.0 Å². The zero-order valence-electron chi connectivity index (χ0n) is 6.53. The van der Waals surface area contributed by atoms with Crippen LogP contribution in [0.2, 0.25) is 0 Å². The van der Waals surface area contributed by atoms with Gasteiger partial charge in [-0.15, -0.1) is 12.4 Å². The second kappa shape index (κ2) is 1.19. The summed E-state index contributed by atoms with van der Waals surface area (Å²) < 4.78 is 13.7. The lowest BCUT2D eigenvalue weighted by molar-refractivity contribution is -0.644. The quantitative estimate of drug-likeness (QED) is 0.647. The van der Waals surface area contributed by atoms with E-state index in [-0.39, 0.29) is 12.4 Å². The largest absolute Gasteiger partial charge is 0.330 e. The Morgan fingerprint density at radius 1 is 1.00 bits per heavy atom. The van der Waals surface area contributed by atoms with Crippen molar-refractivity contribution in [2.45, 2.75) is 5.67 Å². The molecule has 0 bridgehead atoms. The van der Waals surface area contributed by atoms with Crippen molar-refractivity contribution in [1.29, 1.82) is 0 Å². The molecule has 1 nitrogen and oxygen atoms in total. The van der Waals surface area contributed by atoms with E-state index in [1.54, 1.807) is 0 Å². The van der Waals surface area contributed by atoms with E-state index in [0.29, 0.717) is 23.2 Å². The normalized spacial score (nSPS) is 87.5. The van der Waals surface area contributed by atoms with Gasteiger partial charge in [-0.2, -0.15) is 0 Å². The van der Waals surface area contributed by atoms with Crippen LogP contribution in [0.15, 0.2) is 0 Å². The van der Waals surface area contributed by atoms with Crippen molar-refractivity contribution in [2.24, 2.45) is 46.7 Å². The molecular formula is C9H11ClFN. The Kier molecular flexibility index (Phi) is 0.656. The van der Waals surface area contributed by atoms with Crippen LogP contribution in [0.4, 0.5) is 4.39 Å². The maximum Gasteiger partial charge on any atom is 0.121 e. The van der Waals surface area contributed by atoms with Crippen molar-refractivity contribution in [1.82, 2.24) is 0 Å². The van der Waals surface area contributed by atoms with Crippen LogP contribution in [0.1, 0.15) is 0 Å².